The summed E-state index contributed by atoms with van der Waals surface area (Å²) in [6.45, 7) is 6.46. The summed E-state index contributed by atoms with van der Waals surface area (Å²) in [6.07, 6.45) is 0.880. The van der Waals surface area contributed by atoms with Crippen LogP contribution in [-0.2, 0) is 21.2 Å². The number of hydrogen-bond donors (Lipinski definition) is 3. The van der Waals surface area contributed by atoms with Crippen LogP contribution >= 0.6 is 0 Å². The van der Waals surface area contributed by atoms with Gasteiger partial charge in [0.2, 0.25) is 15.9 Å². The maximum Gasteiger partial charge on any atom is 0.240 e. The number of nitrogens with zero attached hydrogens (tertiary/aromatic N) is 4. The summed E-state index contributed by atoms with van der Waals surface area (Å²) >= 11 is 0. The summed E-state index contributed by atoms with van der Waals surface area (Å²) in [6, 6.07) is 8.31. The lowest BCUT2D eigenvalue weighted by atomic mass is 10.0. The summed E-state index contributed by atoms with van der Waals surface area (Å²) < 4.78 is 29.5. The third kappa shape index (κ3) is 4.48. The van der Waals surface area contributed by atoms with E-state index in [-0.39, 0.29) is 17.3 Å². The van der Waals surface area contributed by atoms with E-state index in [1.807, 2.05) is 26.8 Å². The van der Waals surface area contributed by atoms with Gasteiger partial charge in [-0.05, 0) is 68.7 Å². The van der Waals surface area contributed by atoms with E-state index in [1.54, 1.807) is 22.9 Å². The predicted molar refractivity (Wildman–Crippen MR) is 120 cm³/mol. The molecule has 1 aliphatic heterocycles. The van der Waals surface area contributed by atoms with E-state index in [9.17, 15) is 13.2 Å². The average Bonchev–Trinajstić information content (AvgIpc) is 3.04. The van der Waals surface area contributed by atoms with Crippen LogP contribution in [0, 0.1) is 20.8 Å². The molecule has 0 atom stereocenters. The number of benzene rings is 1. The molecule has 0 saturated heterocycles. The predicted octanol–water partition coefficient (Wildman–Crippen LogP) is 1.86. The average molecular weight is 456 g/mol. The Morgan fingerprint density at radius 3 is 2.56 bits per heavy atom. The molecule has 0 saturated carbocycles. The van der Waals surface area contributed by atoms with Crippen molar-refractivity contribution in [2.24, 2.45) is 0 Å². The number of amides is 1. The van der Waals surface area contributed by atoms with Crippen LogP contribution in [0.4, 0.5) is 11.5 Å². The Bertz CT molecular complexity index is 1270. The highest BCUT2D eigenvalue weighted by atomic mass is 32.2. The Morgan fingerprint density at radius 1 is 1.06 bits per heavy atom. The molecule has 3 N–H and O–H groups in total. The van der Waals surface area contributed by atoms with Crippen LogP contribution in [0.15, 0.2) is 35.2 Å². The van der Waals surface area contributed by atoms with E-state index in [0.717, 1.165) is 22.5 Å². The number of sulfonamides is 1. The van der Waals surface area contributed by atoms with E-state index in [0.29, 0.717) is 36.7 Å². The molecule has 1 aromatic carbocycles. The van der Waals surface area contributed by atoms with Gasteiger partial charge in [-0.3, -0.25) is 4.79 Å². The summed E-state index contributed by atoms with van der Waals surface area (Å²) in [7, 11) is -3.66. The second-order valence-electron chi connectivity index (χ2n) is 7.68. The zero-order valence-corrected chi connectivity index (χ0v) is 19.0. The van der Waals surface area contributed by atoms with Gasteiger partial charge in [-0.1, -0.05) is 0 Å². The highest BCUT2D eigenvalue weighted by Crippen LogP contribution is 2.25. The monoisotopic (exact) mass is 455 g/mol. The smallest absolute Gasteiger partial charge is 0.240 e. The molecule has 0 radical (unpaired) electrons. The molecule has 2 aromatic heterocycles. The number of nitrogens with one attached hydrogen (secondary N) is 3. The molecule has 168 valence electrons. The molecule has 0 bridgehead atoms. The number of fused-ring (bicyclic) bond motifs is 1. The Kier molecular flexibility index (Phi) is 5.94. The molecule has 4 rings (SSSR count). The molecular weight excluding hydrogens is 430 g/mol. The Morgan fingerprint density at radius 2 is 1.88 bits per heavy atom. The maximum absolute atomic E-state index is 12.6. The number of carbonyl (C=O) groups excluding carboxylic acids is 1. The summed E-state index contributed by atoms with van der Waals surface area (Å²) in [5.74, 6) is 1.10. The van der Waals surface area contributed by atoms with Gasteiger partial charge in [-0.2, -0.15) is 5.10 Å². The molecule has 10 nitrogen and oxygen atoms in total. The van der Waals surface area contributed by atoms with E-state index >= 15 is 0 Å². The molecular formula is C21H25N7O3S. The zero-order valence-electron chi connectivity index (χ0n) is 18.1. The summed E-state index contributed by atoms with van der Waals surface area (Å²) in [4.78, 5) is 11.6. The highest BCUT2D eigenvalue weighted by molar-refractivity contribution is 7.89. The Labute approximate surface area is 186 Å². The first-order valence-electron chi connectivity index (χ1n) is 10.3. The lowest BCUT2D eigenvalue weighted by molar-refractivity contribution is -0.116. The number of carbonyl (C=O) groups is 1. The first kappa shape index (κ1) is 21.9. The number of anilines is 2. The fourth-order valence-electron chi connectivity index (χ4n) is 3.46. The zero-order chi connectivity index (χ0) is 22.9. The Balaban J connectivity index is 1.33. The van der Waals surface area contributed by atoms with Crippen molar-refractivity contribution < 1.29 is 13.2 Å². The minimum absolute atomic E-state index is 0.0570. The fraction of sp³-hybridized carbons (Fsp3) is 0.333. The molecule has 3 heterocycles. The van der Waals surface area contributed by atoms with Gasteiger partial charge in [0.1, 0.15) is 5.82 Å². The van der Waals surface area contributed by atoms with Crippen molar-refractivity contribution in [3.63, 3.8) is 0 Å². The van der Waals surface area contributed by atoms with E-state index < -0.39 is 10.0 Å². The van der Waals surface area contributed by atoms with Gasteiger partial charge in [-0.15, -0.1) is 10.2 Å². The first-order chi connectivity index (χ1) is 15.2. The molecule has 0 spiro atoms. The molecule has 11 heteroatoms. The molecule has 1 aliphatic rings. The number of aromatic nitrogens is 4. The van der Waals surface area contributed by atoms with Crippen LogP contribution in [0.25, 0.3) is 5.82 Å². The van der Waals surface area contributed by atoms with Gasteiger partial charge >= 0.3 is 0 Å². The molecule has 1 amide bonds. The summed E-state index contributed by atoms with van der Waals surface area (Å²) in [5, 5.41) is 18.6. The van der Waals surface area contributed by atoms with E-state index in [2.05, 4.69) is 30.7 Å². The van der Waals surface area contributed by atoms with Crippen LogP contribution in [0.3, 0.4) is 0 Å². The van der Waals surface area contributed by atoms with Gasteiger partial charge in [0.25, 0.3) is 0 Å². The van der Waals surface area contributed by atoms with Gasteiger partial charge in [0.05, 0.1) is 10.6 Å². The van der Waals surface area contributed by atoms with Crippen molar-refractivity contribution in [3.8, 4) is 5.82 Å². The third-order valence-corrected chi connectivity index (χ3v) is 6.98. The van der Waals surface area contributed by atoms with Crippen LogP contribution in [-0.4, -0.2) is 47.4 Å². The molecule has 0 fully saturated rings. The number of aryl methyl sites for hydroxylation is 2. The topological polar surface area (TPSA) is 131 Å². The maximum atomic E-state index is 12.6. The van der Waals surface area contributed by atoms with Gasteiger partial charge in [0.15, 0.2) is 5.82 Å². The van der Waals surface area contributed by atoms with Crippen molar-refractivity contribution in [2.45, 2.75) is 38.5 Å². The molecule has 0 unspecified atom stereocenters. The summed E-state index contributed by atoms with van der Waals surface area (Å²) in [5.41, 5.74) is 4.56. The van der Waals surface area contributed by atoms with Gasteiger partial charge in [0, 0.05) is 30.9 Å². The Hall–Kier alpha value is -3.31. The standard InChI is InChI=1S/C21H25N7O3S/c1-13-14(2)27-28(15(13)3)20-8-7-19(25-26-20)22-10-11-23-32(30,31)17-5-6-18-16(12-17)4-9-21(29)24-18/h5-8,12,23H,4,9-11H2,1-3H3,(H,22,25)(H,24,29). The van der Waals surface area contributed by atoms with Gasteiger partial charge < -0.3 is 10.6 Å². The number of hydrogen-bond acceptors (Lipinski definition) is 7. The van der Waals surface area contributed by atoms with E-state index in [1.165, 1.54) is 6.07 Å². The van der Waals surface area contributed by atoms with Crippen molar-refractivity contribution in [1.82, 2.24) is 24.7 Å². The third-order valence-electron chi connectivity index (χ3n) is 5.53. The van der Waals surface area contributed by atoms with Crippen LogP contribution in [0.5, 0.6) is 0 Å². The molecule has 0 aliphatic carbocycles. The lowest BCUT2D eigenvalue weighted by Gasteiger charge is -2.17. The highest BCUT2D eigenvalue weighted by Gasteiger charge is 2.19. The van der Waals surface area contributed by atoms with Crippen molar-refractivity contribution in [3.05, 3.63) is 52.8 Å². The van der Waals surface area contributed by atoms with Crippen molar-refractivity contribution in [2.75, 3.05) is 23.7 Å². The van der Waals surface area contributed by atoms with Crippen molar-refractivity contribution >= 4 is 27.4 Å². The molecule has 32 heavy (non-hydrogen) atoms. The van der Waals surface area contributed by atoms with E-state index in [4.69, 9.17) is 0 Å². The minimum Gasteiger partial charge on any atom is -0.367 e. The van der Waals surface area contributed by atoms with Crippen LogP contribution in [0.2, 0.25) is 0 Å². The second-order valence-corrected chi connectivity index (χ2v) is 9.44. The fourth-order valence-corrected chi connectivity index (χ4v) is 4.54. The largest absolute Gasteiger partial charge is 0.367 e. The normalized spacial score (nSPS) is 13.5. The SMILES string of the molecule is Cc1nn(-c2ccc(NCCNS(=O)(=O)c3ccc4c(c3)CCC(=O)N4)nn2)c(C)c1C. The second kappa shape index (κ2) is 8.67. The van der Waals surface area contributed by atoms with Crippen molar-refractivity contribution in [1.29, 1.82) is 0 Å². The quantitative estimate of drug-likeness (QED) is 0.464. The first-order valence-corrected chi connectivity index (χ1v) is 11.8. The van der Waals surface area contributed by atoms with Crippen LogP contribution < -0.4 is 15.4 Å². The lowest BCUT2D eigenvalue weighted by Crippen LogP contribution is -2.29. The molecule has 3 aromatic rings. The number of rotatable bonds is 7. The van der Waals surface area contributed by atoms with Crippen LogP contribution in [0.1, 0.15) is 28.9 Å². The minimum atomic E-state index is -3.66. The van der Waals surface area contributed by atoms with Gasteiger partial charge in [-0.25, -0.2) is 17.8 Å².